The van der Waals surface area contributed by atoms with Crippen LogP contribution in [-0.4, -0.2) is 61.2 Å². The number of hydrogen-bond acceptors (Lipinski definition) is 4. The second-order valence-electron chi connectivity index (χ2n) is 7.26. The molecule has 6 nitrogen and oxygen atoms in total. The molecule has 1 atom stereocenters. The Morgan fingerprint density at radius 1 is 1.12 bits per heavy atom. The highest BCUT2D eigenvalue weighted by atomic mass is 32.2. The molecule has 0 bridgehead atoms. The summed E-state index contributed by atoms with van der Waals surface area (Å²) in [6.07, 6.45) is 5.43. The second kappa shape index (κ2) is 7.78. The molecule has 1 aromatic rings. The maximum atomic E-state index is 13.2. The Morgan fingerprint density at radius 3 is 2.38 bits per heavy atom. The van der Waals surface area contributed by atoms with Gasteiger partial charge in [0, 0.05) is 31.5 Å². The molecule has 0 aliphatic carbocycles. The fourth-order valence-corrected chi connectivity index (χ4v) is 4.42. The molecule has 7 heteroatoms. The number of carbonyl (C=O) groups excluding carboxylic acids is 2. The third-order valence-corrected chi connectivity index (χ3v) is 6.17. The van der Waals surface area contributed by atoms with E-state index in [4.69, 9.17) is 0 Å². The lowest BCUT2D eigenvalue weighted by Crippen LogP contribution is -2.49. The number of benzene rings is 1. The first-order valence-corrected chi connectivity index (χ1v) is 11.3. The van der Waals surface area contributed by atoms with Crippen molar-refractivity contribution in [2.45, 2.75) is 44.7 Å². The van der Waals surface area contributed by atoms with Crippen molar-refractivity contribution in [2.24, 2.45) is 0 Å². The minimum absolute atomic E-state index is 0.0998. The predicted molar refractivity (Wildman–Crippen MR) is 99.5 cm³/mol. The normalized spacial score (nSPS) is 19.2. The summed E-state index contributed by atoms with van der Waals surface area (Å²) in [5, 5.41) is 0. The van der Waals surface area contributed by atoms with Crippen LogP contribution >= 0.6 is 0 Å². The molecule has 0 unspecified atom stereocenters. The van der Waals surface area contributed by atoms with Crippen LogP contribution in [0, 0.1) is 0 Å². The Labute approximate surface area is 155 Å². The Balaban J connectivity index is 1.84. The molecule has 3 rings (SSSR count). The monoisotopic (exact) mass is 378 g/mol. The number of amides is 2. The fourth-order valence-electron chi connectivity index (χ4n) is 3.77. The smallest absolute Gasteiger partial charge is 0.255 e. The van der Waals surface area contributed by atoms with Crippen molar-refractivity contribution in [3.8, 4) is 0 Å². The van der Waals surface area contributed by atoms with E-state index in [9.17, 15) is 18.0 Å². The summed E-state index contributed by atoms with van der Waals surface area (Å²) in [7, 11) is -3.21. The van der Waals surface area contributed by atoms with Crippen LogP contribution in [0.15, 0.2) is 24.3 Å². The lowest BCUT2D eigenvalue weighted by molar-refractivity contribution is -0.136. The number of hydrogen-bond donors (Lipinski definition) is 0. The van der Waals surface area contributed by atoms with Gasteiger partial charge in [0.05, 0.1) is 5.75 Å². The Bertz CT molecular complexity index is 782. The van der Waals surface area contributed by atoms with E-state index in [1.54, 1.807) is 11.0 Å². The number of rotatable bonds is 5. The highest BCUT2D eigenvalue weighted by Crippen LogP contribution is 2.27. The molecule has 1 aromatic carbocycles. The van der Waals surface area contributed by atoms with E-state index in [-0.39, 0.29) is 24.0 Å². The molecular formula is C19H26N2O4S. The van der Waals surface area contributed by atoms with Gasteiger partial charge < -0.3 is 9.80 Å². The van der Waals surface area contributed by atoms with E-state index < -0.39 is 15.9 Å². The summed E-state index contributed by atoms with van der Waals surface area (Å²) in [4.78, 5) is 29.4. The van der Waals surface area contributed by atoms with Crippen molar-refractivity contribution in [1.82, 2.24) is 9.80 Å². The standard InChI is InChI=1S/C19H26N2O4S/c1-26(24,25)13-10-17(19(23)20-11-6-2-3-7-12-20)21-14-15-8-4-5-9-16(15)18(21)22/h4-5,8-9,17H,2-3,6-7,10-14H2,1H3/t17-/m1/s1. The van der Waals surface area contributed by atoms with Gasteiger partial charge in [0.1, 0.15) is 15.9 Å². The summed E-state index contributed by atoms with van der Waals surface area (Å²) in [5.74, 6) is -0.392. The van der Waals surface area contributed by atoms with E-state index >= 15 is 0 Å². The average molecular weight is 378 g/mol. The number of likely N-dealkylation sites (tertiary alicyclic amines) is 1. The zero-order valence-corrected chi connectivity index (χ0v) is 16.0. The van der Waals surface area contributed by atoms with E-state index in [2.05, 4.69) is 0 Å². The van der Waals surface area contributed by atoms with Gasteiger partial charge in [0.25, 0.3) is 5.91 Å². The largest absolute Gasteiger partial charge is 0.341 e. The van der Waals surface area contributed by atoms with Gasteiger partial charge in [0.15, 0.2) is 0 Å². The minimum atomic E-state index is -3.21. The first kappa shape index (κ1) is 18.9. The number of carbonyl (C=O) groups is 2. The molecule has 0 N–H and O–H groups in total. The molecule has 0 aromatic heterocycles. The van der Waals surface area contributed by atoms with Crippen LogP contribution in [0.25, 0.3) is 0 Å². The predicted octanol–water partition coefficient (Wildman–Crippen LogP) is 1.85. The lowest BCUT2D eigenvalue weighted by atomic mass is 10.1. The SMILES string of the molecule is CS(=O)(=O)CC[C@H](C(=O)N1CCCCCC1)N1Cc2ccccc2C1=O. The highest BCUT2D eigenvalue weighted by molar-refractivity contribution is 7.90. The zero-order chi connectivity index (χ0) is 18.7. The molecule has 1 saturated heterocycles. The summed E-state index contributed by atoms with van der Waals surface area (Å²) in [6.45, 7) is 1.73. The topological polar surface area (TPSA) is 74.8 Å². The van der Waals surface area contributed by atoms with Crippen molar-refractivity contribution in [2.75, 3.05) is 25.1 Å². The highest BCUT2D eigenvalue weighted by Gasteiger charge is 2.38. The van der Waals surface area contributed by atoms with Crippen LogP contribution in [0.4, 0.5) is 0 Å². The van der Waals surface area contributed by atoms with Crippen LogP contribution in [0.5, 0.6) is 0 Å². The molecule has 26 heavy (non-hydrogen) atoms. The first-order valence-electron chi connectivity index (χ1n) is 9.22. The second-order valence-corrected chi connectivity index (χ2v) is 9.52. The van der Waals surface area contributed by atoms with Gasteiger partial charge in [-0.1, -0.05) is 31.0 Å². The van der Waals surface area contributed by atoms with Crippen LogP contribution in [-0.2, 0) is 21.2 Å². The van der Waals surface area contributed by atoms with Crippen LogP contribution in [0.1, 0.15) is 48.0 Å². The van der Waals surface area contributed by atoms with Crippen molar-refractivity contribution in [3.05, 3.63) is 35.4 Å². The fraction of sp³-hybridized carbons (Fsp3) is 0.579. The summed E-state index contributed by atoms with van der Waals surface area (Å²) in [5.41, 5.74) is 1.51. The number of fused-ring (bicyclic) bond motifs is 1. The van der Waals surface area contributed by atoms with Gasteiger partial charge in [-0.25, -0.2) is 8.42 Å². The third kappa shape index (κ3) is 4.26. The van der Waals surface area contributed by atoms with Gasteiger partial charge in [-0.15, -0.1) is 0 Å². The van der Waals surface area contributed by atoms with Crippen LogP contribution < -0.4 is 0 Å². The molecule has 0 radical (unpaired) electrons. The summed E-state index contributed by atoms with van der Waals surface area (Å²) in [6, 6.07) is 6.61. The average Bonchev–Trinajstić information content (AvgIpc) is 2.78. The maximum absolute atomic E-state index is 13.2. The maximum Gasteiger partial charge on any atom is 0.255 e. The Kier molecular flexibility index (Phi) is 5.65. The van der Waals surface area contributed by atoms with Crippen molar-refractivity contribution in [3.63, 3.8) is 0 Å². The van der Waals surface area contributed by atoms with Gasteiger partial charge >= 0.3 is 0 Å². The minimum Gasteiger partial charge on any atom is -0.341 e. The number of sulfone groups is 1. The van der Waals surface area contributed by atoms with E-state index in [1.165, 1.54) is 6.26 Å². The third-order valence-electron chi connectivity index (χ3n) is 5.19. The molecule has 2 heterocycles. The van der Waals surface area contributed by atoms with E-state index in [1.807, 2.05) is 23.1 Å². The van der Waals surface area contributed by atoms with E-state index in [0.29, 0.717) is 25.2 Å². The molecule has 0 spiro atoms. The van der Waals surface area contributed by atoms with Crippen LogP contribution in [0.2, 0.25) is 0 Å². The van der Waals surface area contributed by atoms with Gasteiger partial charge in [-0.2, -0.15) is 0 Å². The molecule has 0 saturated carbocycles. The van der Waals surface area contributed by atoms with Crippen molar-refractivity contribution >= 4 is 21.7 Å². The molecule has 2 amide bonds. The number of nitrogens with zero attached hydrogens (tertiary/aromatic N) is 2. The summed E-state index contributed by atoms with van der Waals surface area (Å²) >= 11 is 0. The van der Waals surface area contributed by atoms with Crippen molar-refractivity contribution < 1.29 is 18.0 Å². The molecule has 1 fully saturated rings. The van der Waals surface area contributed by atoms with Gasteiger partial charge in [0.2, 0.25) is 5.91 Å². The van der Waals surface area contributed by atoms with E-state index in [0.717, 1.165) is 31.2 Å². The summed E-state index contributed by atoms with van der Waals surface area (Å²) < 4.78 is 23.4. The Hall–Kier alpha value is -1.89. The Morgan fingerprint density at radius 2 is 1.77 bits per heavy atom. The molecule has 2 aliphatic rings. The quantitative estimate of drug-likeness (QED) is 0.784. The molecule has 142 valence electrons. The molecular weight excluding hydrogens is 352 g/mol. The lowest BCUT2D eigenvalue weighted by Gasteiger charge is -2.32. The zero-order valence-electron chi connectivity index (χ0n) is 15.2. The van der Waals surface area contributed by atoms with Crippen LogP contribution in [0.3, 0.4) is 0 Å². The molecule has 2 aliphatic heterocycles. The van der Waals surface area contributed by atoms with Crippen molar-refractivity contribution in [1.29, 1.82) is 0 Å². The van der Waals surface area contributed by atoms with Gasteiger partial charge in [-0.05, 0) is 30.9 Å². The van der Waals surface area contributed by atoms with Gasteiger partial charge in [-0.3, -0.25) is 9.59 Å². The first-order chi connectivity index (χ1) is 12.4.